The molecule has 1 aromatic carbocycles. The number of benzene rings is 1. The van der Waals surface area contributed by atoms with Crippen molar-refractivity contribution in [3.05, 3.63) is 35.9 Å². The molecular weight excluding hydrogens is 417 g/mol. The summed E-state index contributed by atoms with van der Waals surface area (Å²) in [5.41, 5.74) is 8.43. The summed E-state index contributed by atoms with van der Waals surface area (Å²) in [7, 11) is 0. The molecule has 10 heteroatoms. The smallest absolute Gasteiger partial charge is 0.413 e. The summed E-state index contributed by atoms with van der Waals surface area (Å²) < 4.78 is 25.9. The number of aliphatic hydroxyl groups excluding tert-OH is 1. The number of nitrogens with two attached hydrogens (primary N) is 1. The Morgan fingerprint density at radius 2 is 2.16 bits per heavy atom. The zero-order valence-corrected chi connectivity index (χ0v) is 17.3. The quantitative estimate of drug-likeness (QED) is 0.458. The van der Waals surface area contributed by atoms with Gasteiger partial charge < -0.3 is 25.6 Å². The number of pyridine rings is 2. The van der Waals surface area contributed by atoms with Crippen LogP contribution in [0.2, 0.25) is 0 Å². The van der Waals surface area contributed by atoms with Crippen LogP contribution in [-0.4, -0.2) is 46.5 Å². The molecule has 3 aromatic rings. The number of amides is 1. The van der Waals surface area contributed by atoms with Crippen molar-refractivity contribution in [1.29, 1.82) is 0 Å². The van der Waals surface area contributed by atoms with E-state index >= 15 is 4.39 Å². The minimum absolute atomic E-state index is 0.0435. The van der Waals surface area contributed by atoms with Crippen molar-refractivity contribution in [1.82, 2.24) is 9.97 Å². The summed E-state index contributed by atoms with van der Waals surface area (Å²) in [5, 5.41) is 16.4. The van der Waals surface area contributed by atoms with Gasteiger partial charge in [-0.25, -0.2) is 19.2 Å². The number of ether oxygens (including phenoxy) is 2. The van der Waals surface area contributed by atoms with E-state index in [4.69, 9.17) is 15.2 Å². The van der Waals surface area contributed by atoms with E-state index in [0.29, 0.717) is 48.2 Å². The lowest BCUT2D eigenvalue weighted by Gasteiger charge is -2.31. The molecule has 2 aliphatic rings. The molecule has 5 N–H and O–H groups in total. The largest absolute Gasteiger partial charge is 0.474 e. The average molecular weight is 439 g/mol. The Kier molecular flexibility index (Phi) is 4.93. The summed E-state index contributed by atoms with van der Waals surface area (Å²) in [5.74, 6) is 0.140. The van der Waals surface area contributed by atoms with Gasteiger partial charge in [0, 0.05) is 35.5 Å². The Bertz CT molecular complexity index is 1230. The van der Waals surface area contributed by atoms with E-state index in [-0.39, 0.29) is 17.1 Å². The second kappa shape index (κ2) is 7.79. The normalized spacial score (nSPS) is 19.3. The number of carbonyl (C=O) groups is 1. The van der Waals surface area contributed by atoms with Crippen molar-refractivity contribution in [2.75, 3.05) is 29.5 Å². The Morgan fingerprint density at radius 3 is 2.91 bits per heavy atom. The second-order valence-corrected chi connectivity index (χ2v) is 7.91. The molecule has 1 aliphatic carbocycles. The standard InChI is InChI=1S/C22H22FN5O4/c1-10-13(8-27-21-20(10)25-4-5-31-21)12-6-11-7-17(26-9-14(11)19(24)18(12)23)28-22(30)32-16-3-2-15(16)29/h6-9,15-16,25,29H,2-5,24H2,1H3,(H,26,28,30)/t15-,16-/m1/s1. The van der Waals surface area contributed by atoms with Crippen LogP contribution in [0, 0.1) is 12.7 Å². The predicted octanol–water partition coefficient (Wildman–Crippen LogP) is 3.20. The molecule has 0 radical (unpaired) electrons. The number of aliphatic hydroxyl groups is 1. The number of hydrogen-bond acceptors (Lipinski definition) is 8. The SMILES string of the molecule is Cc1c(-c2cc3cc(NC(=O)O[C@@H]4CC[C@H]4O)ncc3c(N)c2F)cnc2c1NCCO2. The average Bonchev–Trinajstić information content (AvgIpc) is 2.79. The maximum atomic E-state index is 15.2. The maximum absolute atomic E-state index is 15.2. The summed E-state index contributed by atoms with van der Waals surface area (Å²) in [4.78, 5) is 20.5. The Morgan fingerprint density at radius 1 is 1.31 bits per heavy atom. The van der Waals surface area contributed by atoms with E-state index in [2.05, 4.69) is 20.6 Å². The first-order valence-corrected chi connectivity index (χ1v) is 10.3. The van der Waals surface area contributed by atoms with E-state index < -0.39 is 24.1 Å². The molecule has 3 heterocycles. The van der Waals surface area contributed by atoms with Crippen LogP contribution in [0.1, 0.15) is 18.4 Å². The van der Waals surface area contributed by atoms with Crippen LogP contribution in [0.25, 0.3) is 21.9 Å². The molecule has 1 saturated carbocycles. The lowest BCUT2D eigenvalue weighted by molar-refractivity contribution is -0.0561. The number of halogens is 1. The zero-order valence-electron chi connectivity index (χ0n) is 17.3. The highest BCUT2D eigenvalue weighted by molar-refractivity contribution is 5.99. The molecule has 2 atom stereocenters. The highest BCUT2D eigenvalue weighted by Crippen LogP contribution is 2.39. The van der Waals surface area contributed by atoms with E-state index in [9.17, 15) is 9.90 Å². The van der Waals surface area contributed by atoms with E-state index in [0.717, 1.165) is 11.3 Å². The van der Waals surface area contributed by atoms with Gasteiger partial charge in [-0.2, -0.15) is 0 Å². The molecule has 0 saturated heterocycles. The van der Waals surface area contributed by atoms with Crippen LogP contribution in [0.3, 0.4) is 0 Å². The Hall–Kier alpha value is -3.66. The topological polar surface area (TPSA) is 132 Å². The number of nitrogens with zero attached hydrogens (tertiary/aromatic N) is 2. The van der Waals surface area contributed by atoms with Gasteiger partial charge in [-0.1, -0.05) is 0 Å². The van der Waals surface area contributed by atoms with Gasteiger partial charge in [-0.3, -0.25) is 5.32 Å². The third-order valence-corrected chi connectivity index (χ3v) is 5.90. The number of rotatable bonds is 3. The summed E-state index contributed by atoms with van der Waals surface area (Å²) in [6.45, 7) is 3.01. The molecular formula is C22H22FN5O4. The van der Waals surface area contributed by atoms with Crippen molar-refractivity contribution in [2.45, 2.75) is 32.0 Å². The second-order valence-electron chi connectivity index (χ2n) is 7.91. The molecule has 32 heavy (non-hydrogen) atoms. The van der Waals surface area contributed by atoms with Crippen molar-refractivity contribution < 1.29 is 23.8 Å². The molecule has 1 aliphatic heterocycles. The van der Waals surface area contributed by atoms with Crippen LogP contribution in [0.15, 0.2) is 24.5 Å². The lowest BCUT2D eigenvalue weighted by Crippen LogP contribution is -2.41. The van der Waals surface area contributed by atoms with Gasteiger partial charge in [0.15, 0.2) is 5.82 Å². The molecule has 5 rings (SSSR count). The molecule has 9 nitrogen and oxygen atoms in total. The van der Waals surface area contributed by atoms with Gasteiger partial charge in [-0.15, -0.1) is 0 Å². The van der Waals surface area contributed by atoms with Crippen LogP contribution in [0.4, 0.5) is 26.4 Å². The Balaban J connectivity index is 1.50. The fraction of sp³-hybridized carbons (Fsp3) is 0.318. The van der Waals surface area contributed by atoms with E-state index in [1.54, 1.807) is 18.3 Å². The molecule has 2 aromatic heterocycles. The van der Waals surface area contributed by atoms with Crippen molar-refractivity contribution in [2.24, 2.45) is 0 Å². The van der Waals surface area contributed by atoms with Gasteiger partial charge >= 0.3 is 6.09 Å². The fourth-order valence-electron chi connectivity index (χ4n) is 3.92. The molecule has 0 bridgehead atoms. The highest BCUT2D eigenvalue weighted by Gasteiger charge is 2.32. The van der Waals surface area contributed by atoms with Crippen molar-refractivity contribution in [3.8, 4) is 17.0 Å². The van der Waals surface area contributed by atoms with Crippen LogP contribution < -0.4 is 21.1 Å². The number of nitrogen functional groups attached to an aromatic ring is 1. The third-order valence-electron chi connectivity index (χ3n) is 5.90. The summed E-state index contributed by atoms with van der Waals surface area (Å²) >= 11 is 0. The van der Waals surface area contributed by atoms with E-state index in [1.807, 2.05) is 6.92 Å². The number of hydrogen-bond donors (Lipinski definition) is 4. The van der Waals surface area contributed by atoms with Gasteiger partial charge in [0.1, 0.15) is 24.2 Å². The highest BCUT2D eigenvalue weighted by atomic mass is 19.1. The van der Waals surface area contributed by atoms with Crippen LogP contribution in [-0.2, 0) is 4.74 Å². The van der Waals surface area contributed by atoms with Crippen LogP contribution in [0.5, 0.6) is 5.88 Å². The lowest BCUT2D eigenvalue weighted by atomic mass is 9.92. The number of anilines is 3. The molecule has 1 fully saturated rings. The third kappa shape index (κ3) is 3.42. The Labute approximate surface area is 182 Å². The number of carbonyl (C=O) groups excluding carboxylic acids is 1. The van der Waals surface area contributed by atoms with Gasteiger partial charge in [-0.05, 0) is 42.8 Å². The van der Waals surface area contributed by atoms with Crippen LogP contribution >= 0.6 is 0 Å². The van der Waals surface area contributed by atoms with Gasteiger partial charge in [0.05, 0.1) is 11.8 Å². The summed E-state index contributed by atoms with van der Waals surface area (Å²) in [6, 6.07) is 3.24. The number of fused-ring (bicyclic) bond motifs is 2. The maximum Gasteiger partial charge on any atom is 0.413 e. The number of nitrogens with one attached hydrogen (secondary N) is 2. The molecule has 0 unspecified atom stereocenters. The molecule has 1 amide bonds. The minimum atomic E-state index is -0.711. The first kappa shape index (κ1) is 20.3. The molecule has 166 valence electrons. The van der Waals surface area contributed by atoms with Gasteiger partial charge in [0.2, 0.25) is 5.88 Å². The first-order chi connectivity index (χ1) is 15.4. The van der Waals surface area contributed by atoms with E-state index in [1.165, 1.54) is 6.20 Å². The predicted molar refractivity (Wildman–Crippen MR) is 117 cm³/mol. The van der Waals surface area contributed by atoms with Gasteiger partial charge in [0.25, 0.3) is 0 Å². The minimum Gasteiger partial charge on any atom is -0.474 e. The zero-order chi connectivity index (χ0) is 22.4. The molecule has 0 spiro atoms. The monoisotopic (exact) mass is 439 g/mol. The van der Waals surface area contributed by atoms with Crippen molar-refractivity contribution >= 4 is 34.1 Å². The number of aromatic nitrogens is 2. The fourth-order valence-corrected chi connectivity index (χ4v) is 3.92. The van der Waals surface area contributed by atoms with Crippen molar-refractivity contribution in [3.63, 3.8) is 0 Å². The first-order valence-electron chi connectivity index (χ1n) is 10.3. The summed E-state index contributed by atoms with van der Waals surface area (Å²) in [6.07, 6.45) is 2.33.